The van der Waals surface area contributed by atoms with Gasteiger partial charge in [-0.2, -0.15) is 0 Å². The minimum Gasteiger partial charge on any atom is -0.405 e. The van der Waals surface area contributed by atoms with Crippen LogP contribution in [0.25, 0.3) is 0 Å². The molecule has 0 saturated heterocycles. The lowest BCUT2D eigenvalue weighted by atomic mass is 10.2. The van der Waals surface area contributed by atoms with Crippen LogP contribution < -0.4 is 10.1 Å². The third-order valence-electron chi connectivity index (χ3n) is 2.51. The summed E-state index contributed by atoms with van der Waals surface area (Å²) < 4.78 is 40.6. The third kappa shape index (κ3) is 6.35. The van der Waals surface area contributed by atoms with Gasteiger partial charge in [0.25, 0.3) is 0 Å². The average molecular weight is 306 g/mol. The number of carbonyl (C=O) groups is 1. The number of para-hydroxylation sites is 1. The van der Waals surface area contributed by atoms with Gasteiger partial charge in [0.15, 0.2) is 0 Å². The fraction of sp³-hybridized carbons (Fsp3) is 0.462. The monoisotopic (exact) mass is 306 g/mol. The smallest absolute Gasteiger partial charge is 0.405 e. The number of urea groups is 1. The number of carbonyl (C=O) groups excluding carboxylic acids is 1. The van der Waals surface area contributed by atoms with Crippen LogP contribution in [0.5, 0.6) is 5.75 Å². The first-order valence-electron chi connectivity index (χ1n) is 6.19. The minimum atomic E-state index is -4.79. The summed E-state index contributed by atoms with van der Waals surface area (Å²) in [6, 6.07) is 5.05. The number of halogens is 3. The predicted molar refractivity (Wildman–Crippen MR) is 69.7 cm³/mol. The first kappa shape index (κ1) is 17.1. The first-order valence-corrected chi connectivity index (χ1v) is 6.19. The molecule has 1 aromatic carbocycles. The standard InChI is InChI=1S/C13H17F3N2O3/c1-9(19)8-18(2)12(20)17-7-10-5-3-4-6-11(10)21-13(14,15)16/h3-6,9,19H,7-8H2,1-2H3,(H,17,20). The highest BCUT2D eigenvalue weighted by Gasteiger charge is 2.32. The third-order valence-corrected chi connectivity index (χ3v) is 2.51. The van der Waals surface area contributed by atoms with Crippen LogP contribution in [0.1, 0.15) is 12.5 Å². The number of hydrogen-bond donors (Lipinski definition) is 2. The quantitative estimate of drug-likeness (QED) is 0.876. The summed E-state index contributed by atoms with van der Waals surface area (Å²) in [5, 5.41) is 11.6. The van der Waals surface area contributed by atoms with E-state index in [2.05, 4.69) is 10.1 Å². The van der Waals surface area contributed by atoms with Crippen LogP contribution in [0.4, 0.5) is 18.0 Å². The zero-order valence-corrected chi connectivity index (χ0v) is 11.6. The van der Waals surface area contributed by atoms with Gasteiger partial charge in [0.1, 0.15) is 5.75 Å². The molecule has 1 unspecified atom stereocenters. The largest absolute Gasteiger partial charge is 0.573 e. The SMILES string of the molecule is CC(O)CN(C)C(=O)NCc1ccccc1OC(F)(F)F. The van der Waals surface area contributed by atoms with E-state index < -0.39 is 18.5 Å². The van der Waals surface area contributed by atoms with E-state index in [1.54, 1.807) is 6.07 Å². The van der Waals surface area contributed by atoms with E-state index in [0.717, 1.165) is 0 Å². The zero-order chi connectivity index (χ0) is 16.0. The lowest BCUT2D eigenvalue weighted by molar-refractivity contribution is -0.274. The van der Waals surface area contributed by atoms with Crippen LogP contribution in [0, 0.1) is 0 Å². The maximum absolute atomic E-state index is 12.2. The number of aliphatic hydroxyl groups excluding tert-OH is 1. The molecule has 0 spiro atoms. The van der Waals surface area contributed by atoms with Crippen molar-refractivity contribution in [2.75, 3.05) is 13.6 Å². The summed E-state index contributed by atoms with van der Waals surface area (Å²) in [5.74, 6) is -0.358. The second kappa shape index (κ2) is 7.16. The molecule has 0 aliphatic heterocycles. The van der Waals surface area contributed by atoms with Crippen molar-refractivity contribution in [3.8, 4) is 5.75 Å². The van der Waals surface area contributed by atoms with Crippen molar-refractivity contribution in [3.63, 3.8) is 0 Å². The molecule has 1 atom stereocenters. The number of hydrogen-bond acceptors (Lipinski definition) is 3. The van der Waals surface area contributed by atoms with E-state index in [1.807, 2.05) is 0 Å². The number of alkyl halides is 3. The Morgan fingerprint density at radius 2 is 2.05 bits per heavy atom. The molecule has 2 N–H and O–H groups in total. The number of likely N-dealkylation sites (N-methyl/N-ethyl adjacent to an activating group) is 1. The van der Waals surface area contributed by atoms with E-state index in [0.29, 0.717) is 0 Å². The summed E-state index contributed by atoms with van der Waals surface area (Å²) in [4.78, 5) is 12.9. The Hall–Kier alpha value is -1.96. The van der Waals surface area contributed by atoms with Crippen LogP contribution in [-0.2, 0) is 6.54 Å². The minimum absolute atomic E-state index is 0.116. The molecule has 0 aliphatic carbocycles. The van der Waals surface area contributed by atoms with Crippen LogP contribution in [-0.4, -0.2) is 42.1 Å². The number of benzene rings is 1. The molecule has 2 amide bonds. The van der Waals surface area contributed by atoms with E-state index in [9.17, 15) is 18.0 Å². The summed E-state index contributed by atoms with van der Waals surface area (Å²) in [5.41, 5.74) is 0.202. The zero-order valence-electron chi connectivity index (χ0n) is 11.6. The maximum atomic E-state index is 12.2. The van der Waals surface area contributed by atoms with Gasteiger partial charge in [0.2, 0.25) is 0 Å². The molecule has 8 heteroatoms. The number of amides is 2. The molecular weight excluding hydrogens is 289 g/mol. The number of rotatable bonds is 5. The van der Waals surface area contributed by atoms with Gasteiger partial charge in [-0.25, -0.2) is 4.79 Å². The van der Waals surface area contributed by atoms with Crippen molar-refractivity contribution >= 4 is 6.03 Å². The molecule has 0 heterocycles. The molecule has 0 radical (unpaired) electrons. The molecule has 0 aliphatic rings. The van der Waals surface area contributed by atoms with Crippen molar-refractivity contribution in [1.29, 1.82) is 0 Å². The molecule has 21 heavy (non-hydrogen) atoms. The van der Waals surface area contributed by atoms with Gasteiger partial charge in [-0.05, 0) is 13.0 Å². The average Bonchev–Trinajstić information content (AvgIpc) is 2.34. The van der Waals surface area contributed by atoms with Crippen molar-refractivity contribution in [2.24, 2.45) is 0 Å². The van der Waals surface area contributed by atoms with Crippen LogP contribution in [0.3, 0.4) is 0 Å². The number of ether oxygens (including phenoxy) is 1. The van der Waals surface area contributed by atoms with Gasteiger partial charge < -0.3 is 20.1 Å². The van der Waals surface area contributed by atoms with Gasteiger partial charge >= 0.3 is 12.4 Å². The molecule has 5 nitrogen and oxygen atoms in total. The van der Waals surface area contributed by atoms with E-state index in [4.69, 9.17) is 5.11 Å². The summed E-state index contributed by atoms with van der Waals surface area (Å²) in [7, 11) is 1.47. The summed E-state index contributed by atoms with van der Waals surface area (Å²) in [6.45, 7) is 1.53. The van der Waals surface area contributed by atoms with Crippen molar-refractivity contribution in [1.82, 2.24) is 10.2 Å². The van der Waals surface area contributed by atoms with E-state index in [-0.39, 0.29) is 24.4 Å². The Kier molecular flexibility index (Phi) is 5.83. The molecule has 1 aromatic rings. The van der Waals surface area contributed by atoms with Gasteiger partial charge in [-0.3, -0.25) is 0 Å². The fourth-order valence-corrected chi connectivity index (χ4v) is 1.66. The maximum Gasteiger partial charge on any atom is 0.573 e. The lowest BCUT2D eigenvalue weighted by Gasteiger charge is -2.20. The summed E-state index contributed by atoms with van der Waals surface area (Å²) in [6.07, 6.45) is -5.48. The second-order valence-corrected chi connectivity index (χ2v) is 4.54. The van der Waals surface area contributed by atoms with Gasteiger partial charge in [-0.1, -0.05) is 18.2 Å². The van der Waals surface area contributed by atoms with Crippen molar-refractivity contribution in [2.45, 2.75) is 25.9 Å². The Labute approximate surface area is 120 Å². The number of aliphatic hydroxyl groups is 1. The number of nitrogens with one attached hydrogen (secondary N) is 1. The Bertz CT molecular complexity index is 478. The molecule has 0 fully saturated rings. The lowest BCUT2D eigenvalue weighted by Crippen LogP contribution is -2.40. The van der Waals surface area contributed by atoms with E-state index in [1.165, 1.54) is 37.1 Å². The van der Waals surface area contributed by atoms with Crippen molar-refractivity contribution in [3.05, 3.63) is 29.8 Å². The topological polar surface area (TPSA) is 61.8 Å². The molecule has 0 aromatic heterocycles. The van der Waals surface area contributed by atoms with Crippen LogP contribution in [0.15, 0.2) is 24.3 Å². The predicted octanol–water partition coefficient (Wildman–Crippen LogP) is 2.11. The highest BCUT2D eigenvalue weighted by Crippen LogP contribution is 2.26. The molecule has 1 rings (SSSR count). The van der Waals surface area contributed by atoms with Gasteiger partial charge in [-0.15, -0.1) is 13.2 Å². The van der Waals surface area contributed by atoms with E-state index >= 15 is 0 Å². The van der Waals surface area contributed by atoms with Crippen LogP contribution >= 0.6 is 0 Å². The second-order valence-electron chi connectivity index (χ2n) is 4.54. The van der Waals surface area contributed by atoms with Gasteiger partial charge in [0, 0.05) is 25.7 Å². The molecule has 0 saturated carbocycles. The Morgan fingerprint density at radius 1 is 1.43 bits per heavy atom. The van der Waals surface area contributed by atoms with Crippen LogP contribution in [0.2, 0.25) is 0 Å². The highest BCUT2D eigenvalue weighted by molar-refractivity contribution is 5.73. The fourth-order valence-electron chi connectivity index (χ4n) is 1.66. The van der Waals surface area contributed by atoms with Gasteiger partial charge in [0.05, 0.1) is 6.10 Å². The molecule has 118 valence electrons. The summed E-state index contributed by atoms with van der Waals surface area (Å²) >= 11 is 0. The normalized spacial score (nSPS) is 12.7. The highest BCUT2D eigenvalue weighted by atomic mass is 19.4. The molecular formula is C13H17F3N2O3. The number of nitrogens with zero attached hydrogens (tertiary/aromatic N) is 1. The Balaban J connectivity index is 2.65. The Morgan fingerprint density at radius 3 is 2.62 bits per heavy atom. The first-order chi connectivity index (χ1) is 9.69. The van der Waals surface area contributed by atoms with Crippen molar-refractivity contribution < 1.29 is 27.8 Å². The molecule has 0 bridgehead atoms.